The highest BCUT2D eigenvalue weighted by Crippen LogP contribution is 2.14. The lowest BCUT2D eigenvalue weighted by molar-refractivity contribution is 0.0841. The normalized spacial score (nSPS) is 9.90. The van der Waals surface area contributed by atoms with Crippen LogP contribution in [0.5, 0.6) is 0 Å². The van der Waals surface area contributed by atoms with Crippen LogP contribution in [0.25, 0.3) is 0 Å². The van der Waals surface area contributed by atoms with Gasteiger partial charge < -0.3 is 0 Å². The summed E-state index contributed by atoms with van der Waals surface area (Å²) in [6.07, 6.45) is 1.44. The summed E-state index contributed by atoms with van der Waals surface area (Å²) in [5, 5.41) is 0.177. The Labute approximate surface area is 118 Å². The quantitative estimate of drug-likeness (QED) is 0.831. The summed E-state index contributed by atoms with van der Waals surface area (Å²) in [6.45, 7) is 0. The van der Waals surface area contributed by atoms with E-state index in [1.54, 1.807) is 12.1 Å². The number of aromatic nitrogens is 1. The molecule has 1 aromatic heterocycles. The van der Waals surface area contributed by atoms with Crippen LogP contribution in [0, 0.1) is 5.82 Å². The number of carbonyl (C=O) groups is 2. The standard InChI is InChI=1S/C13H9ClFN3O2/c14-8-4-5-9(10(15)7-8)12(19)17-18-13(20)11-3-1-2-6-16-11/h1-7H,(H,17,19)(H,18,20). The number of hydrazine groups is 1. The van der Waals surface area contributed by atoms with E-state index < -0.39 is 17.6 Å². The Morgan fingerprint density at radius 3 is 2.50 bits per heavy atom. The van der Waals surface area contributed by atoms with E-state index in [1.807, 2.05) is 0 Å². The summed E-state index contributed by atoms with van der Waals surface area (Å²) in [4.78, 5) is 27.1. The average molecular weight is 294 g/mol. The van der Waals surface area contributed by atoms with E-state index in [0.717, 1.165) is 6.07 Å². The molecule has 102 valence electrons. The SMILES string of the molecule is O=C(NNC(=O)c1ccc(Cl)cc1F)c1ccccn1. The number of carbonyl (C=O) groups excluding carboxylic acids is 2. The zero-order valence-corrected chi connectivity index (χ0v) is 10.8. The Kier molecular flexibility index (Phi) is 4.27. The number of nitrogens with zero attached hydrogens (tertiary/aromatic N) is 1. The maximum atomic E-state index is 13.5. The molecule has 7 heteroatoms. The van der Waals surface area contributed by atoms with Crippen LogP contribution in [0.1, 0.15) is 20.8 Å². The number of nitrogens with one attached hydrogen (secondary N) is 2. The van der Waals surface area contributed by atoms with Gasteiger partial charge in [0.2, 0.25) is 0 Å². The largest absolute Gasteiger partial charge is 0.288 e. The number of rotatable bonds is 2. The Morgan fingerprint density at radius 2 is 1.85 bits per heavy atom. The molecule has 0 saturated heterocycles. The molecule has 0 fully saturated rings. The third-order valence-corrected chi connectivity index (χ3v) is 2.60. The maximum Gasteiger partial charge on any atom is 0.288 e. The molecule has 2 aromatic rings. The molecule has 0 aliphatic heterocycles. The van der Waals surface area contributed by atoms with E-state index in [-0.39, 0.29) is 16.3 Å². The Balaban J connectivity index is 2.00. The summed E-state index contributed by atoms with van der Waals surface area (Å²) < 4.78 is 13.5. The molecule has 2 amide bonds. The first-order valence-corrected chi connectivity index (χ1v) is 5.92. The zero-order valence-electron chi connectivity index (χ0n) is 10.1. The summed E-state index contributed by atoms with van der Waals surface area (Å²) in [6, 6.07) is 8.36. The van der Waals surface area contributed by atoms with Crippen molar-refractivity contribution >= 4 is 23.4 Å². The van der Waals surface area contributed by atoms with Gasteiger partial charge in [-0.15, -0.1) is 0 Å². The third-order valence-electron chi connectivity index (χ3n) is 2.36. The lowest BCUT2D eigenvalue weighted by Crippen LogP contribution is -2.42. The van der Waals surface area contributed by atoms with Crippen LogP contribution in [-0.4, -0.2) is 16.8 Å². The molecule has 0 unspecified atom stereocenters. The molecular formula is C13H9ClFN3O2. The lowest BCUT2D eigenvalue weighted by atomic mass is 10.2. The molecule has 0 spiro atoms. The summed E-state index contributed by atoms with van der Waals surface area (Å²) in [7, 11) is 0. The molecule has 0 atom stereocenters. The van der Waals surface area contributed by atoms with Crippen LogP contribution in [-0.2, 0) is 0 Å². The second kappa shape index (κ2) is 6.12. The molecule has 1 heterocycles. The van der Waals surface area contributed by atoms with E-state index in [4.69, 9.17) is 11.6 Å². The van der Waals surface area contributed by atoms with Crippen LogP contribution in [0.15, 0.2) is 42.6 Å². The van der Waals surface area contributed by atoms with Gasteiger partial charge in [0.1, 0.15) is 11.5 Å². The van der Waals surface area contributed by atoms with Crippen LogP contribution in [0.2, 0.25) is 5.02 Å². The minimum absolute atomic E-state index is 0.129. The van der Waals surface area contributed by atoms with Gasteiger partial charge in [-0.1, -0.05) is 17.7 Å². The van der Waals surface area contributed by atoms with E-state index >= 15 is 0 Å². The zero-order chi connectivity index (χ0) is 14.5. The monoisotopic (exact) mass is 293 g/mol. The van der Waals surface area contributed by atoms with Gasteiger partial charge in [0.25, 0.3) is 11.8 Å². The van der Waals surface area contributed by atoms with Gasteiger partial charge in [-0.3, -0.25) is 25.4 Å². The number of pyridine rings is 1. The number of halogens is 2. The molecule has 2 rings (SSSR count). The van der Waals surface area contributed by atoms with Gasteiger partial charge in [0.15, 0.2) is 0 Å². The van der Waals surface area contributed by atoms with Gasteiger partial charge in [0, 0.05) is 11.2 Å². The van der Waals surface area contributed by atoms with Crippen molar-refractivity contribution in [3.05, 3.63) is 64.7 Å². The van der Waals surface area contributed by atoms with Crippen molar-refractivity contribution in [3.63, 3.8) is 0 Å². The van der Waals surface area contributed by atoms with Crippen LogP contribution in [0.4, 0.5) is 4.39 Å². The first kappa shape index (κ1) is 14.0. The molecule has 2 N–H and O–H groups in total. The molecule has 0 aliphatic rings. The highest BCUT2D eigenvalue weighted by molar-refractivity contribution is 6.30. The number of benzene rings is 1. The molecule has 20 heavy (non-hydrogen) atoms. The van der Waals surface area contributed by atoms with Gasteiger partial charge in [-0.25, -0.2) is 4.39 Å². The number of hydrogen-bond acceptors (Lipinski definition) is 3. The second-order valence-corrected chi connectivity index (χ2v) is 4.18. The average Bonchev–Trinajstić information content (AvgIpc) is 2.45. The van der Waals surface area contributed by atoms with E-state index in [1.165, 1.54) is 24.4 Å². The van der Waals surface area contributed by atoms with E-state index in [9.17, 15) is 14.0 Å². The Bertz CT molecular complexity index is 649. The predicted molar refractivity (Wildman–Crippen MR) is 70.6 cm³/mol. The van der Waals surface area contributed by atoms with E-state index in [0.29, 0.717) is 0 Å². The smallest absolute Gasteiger partial charge is 0.267 e. The number of amides is 2. The minimum Gasteiger partial charge on any atom is -0.267 e. The minimum atomic E-state index is -0.788. The van der Waals surface area contributed by atoms with Gasteiger partial charge in [0.05, 0.1) is 5.56 Å². The molecule has 0 aliphatic carbocycles. The highest BCUT2D eigenvalue weighted by Gasteiger charge is 2.13. The van der Waals surface area contributed by atoms with Crippen molar-refractivity contribution in [2.24, 2.45) is 0 Å². The van der Waals surface area contributed by atoms with E-state index in [2.05, 4.69) is 15.8 Å². The van der Waals surface area contributed by atoms with Crippen molar-refractivity contribution in [1.29, 1.82) is 0 Å². The summed E-state index contributed by atoms with van der Waals surface area (Å²) in [5.41, 5.74) is 4.14. The summed E-state index contributed by atoms with van der Waals surface area (Å²) >= 11 is 5.58. The molecule has 5 nitrogen and oxygen atoms in total. The molecule has 0 saturated carbocycles. The van der Waals surface area contributed by atoms with Crippen molar-refractivity contribution in [2.75, 3.05) is 0 Å². The molecular weight excluding hydrogens is 285 g/mol. The summed E-state index contributed by atoms with van der Waals surface area (Å²) in [5.74, 6) is -2.17. The fraction of sp³-hybridized carbons (Fsp3) is 0. The van der Waals surface area contributed by atoms with Crippen molar-refractivity contribution in [1.82, 2.24) is 15.8 Å². The lowest BCUT2D eigenvalue weighted by Gasteiger charge is -2.07. The van der Waals surface area contributed by atoms with Gasteiger partial charge in [-0.05, 0) is 30.3 Å². The fourth-order valence-corrected chi connectivity index (χ4v) is 1.57. The molecule has 1 aromatic carbocycles. The maximum absolute atomic E-state index is 13.5. The predicted octanol–water partition coefficient (Wildman–Crippen LogP) is 1.95. The van der Waals surface area contributed by atoms with Crippen LogP contribution >= 0.6 is 11.6 Å². The first-order chi connectivity index (χ1) is 9.58. The Hall–Kier alpha value is -2.47. The fourth-order valence-electron chi connectivity index (χ4n) is 1.42. The van der Waals surface area contributed by atoms with Crippen molar-refractivity contribution in [2.45, 2.75) is 0 Å². The van der Waals surface area contributed by atoms with Crippen molar-refractivity contribution in [3.8, 4) is 0 Å². The Morgan fingerprint density at radius 1 is 1.10 bits per heavy atom. The third kappa shape index (κ3) is 3.30. The van der Waals surface area contributed by atoms with Gasteiger partial charge >= 0.3 is 0 Å². The molecule has 0 bridgehead atoms. The van der Waals surface area contributed by atoms with Crippen LogP contribution in [0.3, 0.4) is 0 Å². The topological polar surface area (TPSA) is 71.1 Å². The first-order valence-electron chi connectivity index (χ1n) is 5.54. The van der Waals surface area contributed by atoms with Gasteiger partial charge in [-0.2, -0.15) is 0 Å². The van der Waals surface area contributed by atoms with Crippen molar-refractivity contribution < 1.29 is 14.0 Å². The molecule has 0 radical (unpaired) electrons. The highest BCUT2D eigenvalue weighted by atomic mass is 35.5. The second-order valence-electron chi connectivity index (χ2n) is 3.75. The number of hydrogen-bond donors (Lipinski definition) is 2. The van der Waals surface area contributed by atoms with Crippen LogP contribution < -0.4 is 10.9 Å².